The number of fused-ring (bicyclic) bond motifs is 2. The quantitative estimate of drug-likeness (QED) is 0.751. The second-order valence-corrected chi connectivity index (χ2v) is 8.46. The van der Waals surface area contributed by atoms with Crippen molar-refractivity contribution in [3.8, 4) is 0 Å². The second-order valence-electron chi connectivity index (χ2n) is 8.46. The molecule has 25 heavy (non-hydrogen) atoms. The van der Waals surface area contributed by atoms with Gasteiger partial charge in [-0.25, -0.2) is 4.79 Å². The predicted octanol–water partition coefficient (Wildman–Crippen LogP) is 1.77. The molecule has 2 N–H and O–H groups in total. The van der Waals surface area contributed by atoms with Crippen molar-refractivity contribution < 1.29 is 24.2 Å². The van der Waals surface area contributed by atoms with Crippen LogP contribution in [0.4, 0.5) is 0 Å². The molecule has 0 amide bonds. The van der Waals surface area contributed by atoms with E-state index in [0.29, 0.717) is 29.7 Å². The Balaban J connectivity index is 2.07. The molecule has 136 valence electrons. The number of aliphatic hydroxyl groups excluding tert-OH is 2. The van der Waals surface area contributed by atoms with Crippen LogP contribution in [0.3, 0.4) is 0 Å². The lowest BCUT2D eigenvalue weighted by Gasteiger charge is -2.54. The van der Waals surface area contributed by atoms with Crippen LogP contribution in [-0.2, 0) is 14.9 Å². The average molecular weight is 348 g/mol. The van der Waals surface area contributed by atoms with Crippen LogP contribution in [-0.4, -0.2) is 28.4 Å². The highest BCUT2D eigenvalue weighted by Crippen LogP contribution is 2.63. The first-order chi connectivity index (χ1) is 11.6. The van der Waals surface area contributed by atoms with E-state index in [0.717, 1.165) is 0 Å². The summed E-state index contributed by atoms with van der Waals surface area (Å²) >= 11 is 0. The van der Waals surface area contributed by atoms with Gasteiger partial charge in [0.2, 0.25) is 0 Å². The number of hydrogen-bond acceptors (Lipinski definition) is 6. The van der Waals surface area contributed by atoms with Crippen LogP contribution in [0.2, 0.25) is 0 Å². The number of carbonyl (C=O) groups is 1. The van der Waals surface area contributed by atoms with E-state index in [2.05, 4.69) is 0 Å². The number of aliphatic hydroxyl groups is 2. The van der Waals surface area contributed by atoms with E-state index in [4.69, 9.17) is 9.15 Å². The predicted molar refractivity (Wildman–Crippen MR) is 88.1 cm³/mol. The van der Waals surface area contributed by atoms with E-state index in [1.807, 2.05) is 27.7 Å². The maximum Gasteiger partial charge on any atom is 0.336 e. The van der Waals surface area contributed by atoms with Crippen LogP contribution in [0.1, 0.15) is 69.4 Å². The van der Waals surface area contributed by atoms with Gasteiger partial charge in [0.1, 0.15) is 18.0 Å². The summed E-state index contributed by atoms with van der Waals surface area (Å²) in [5.41, 5.74) is -1.03. The number of carbonyl (C=O) groups excluding carboxylic acids is 1. The number of ether oxygens (including phenoxy) is 1. The van der Waals surface area contributed by atoms with Crippen LogP contribution in [0, 0.1) is 11.3 Å². The zero-order valence-electron chi connectivity index (χ0n) is 14.9. The first-order valence-corrected chi connectivity index (χ1v) is 8.88. The number of hydrogen-bond donors (Lipinski definition) is 2. The topological polar surface area (TPSA) is 97.0 Å². The number of rotatable bonds is 1. The van der Waals surface area contributed by atoms with Crippen molar-refractivity contribution in [2.45, 2.75) is 70.2 Å². The van der Waals surface area contributed by atoms with Gasteiger partial charge in [-0.3, -0.25) is 4.79 Å². The van der Waals surface area contributed by atoms with E-state index >= 15 is 0 Å². The van der Waals surface area contributed by atoms with Gasteiger partial charge in [0, 0.05) is 28.9 Å². The van der Waals surface area contributed by atoms with Crippen LogP contribution in [0.5, 0.6) is 0 Å². The highest BCUT2D eigenvalue weighted by Gasteiger charge is 2.69. The minimum absolute atomic E-state index is 0.123. The van der Waals surface area contributed by atoms with Crippen molar-refractivity contribution >= 4 is 5.97 Å². The Hall–Kier alpha value is -1.66. The maximum absolute atomic E-state index is 12.6. The molecular weight excluding hydrogens is 324 g/mol. The molecule has 6 nitrogen and oxygen atoms in total. The van der Waals surface area contributed by atoms with Crippen molar-refractivity contribution in [3.05, 3.63) is 33.4 Å². The zero-order chi connectivity index (χ0) is 18.3. The van der Waals surface area contributed by atoms with E-state index in [-0.39, 0.29) is 17.8 Å². The van der Waals surface area contributed by atoms with Gasteiger partial charge in [0.05, 0.1) is 11.5 Å². The van der Waals surface area contributed by atoms with E-state index < -0.39 is 34.8 Å². The standard InChI is InChI=1S/C19H24O6/c1-8(2)14-12-9(7-11(21)24-14)19(4)10(20)5-6-18(3)16(19)15(13(12)22)25-17(18)23/h7-8,10,13,15-16,20,22H,5-6H2,1-4H3/t10-,13-,15-,16+,18+,19+/m1/s1. The monoisotopic (exact) mass is 348 g/mol. The Morgan fingerprint density at radius 1 is 1.24 bits per heavy atom. The summed E-state index contributed by atoms with van der Waals surface area (Å²) in [6, 6.07) is 1.37. The van der Waals surface area contributed by atoms with Crippen molar-refractivity contribution in [3.63, 3.8) is 0 Å². The third-order valence-electron chi connectivity index (χ3n) is 6.74. The molecule has 0 radical (unpaired) electrons. The minimum atomic E-state index is -1.06. The third-order valence-corrected chi connectivity index (χ3v) is 6.74. The van der Waals surface area contributed by atoms with Gasteiger partial charge in [-0.1, -0.05) is 20.8 Å². The molecule has 1 saturated heterocycles. The minimum Gasteiger partial charge on any atom is -0.458 e. The Bertz CT molecular complexity index is 811. The van der Waals surface area contributed by atoms with E-state index in [9.17, 15) is 19.8 Å². The molecule has 0 aromatic carbocycles. The Morgan fingerprint density at radius 2 is 1.92 bits per heavy atom. The van der Waals surface area contributed by atoms with Crippen molar-refractivity contribution in [2.75, 3.05) is 0 Å². The molecule has 1 aromatic heterocycles. The molecule has 6 heteroatoms. The average Bonchev–Trinajstić information content (AvgIpc) is 2.82. The molecule has 1 saturated carbocycles. The van der Waals surface area contributed by atoms with Gasteiger partial charge < -0.3 is 19.4 Å². The van der Waals surface area contributed by atoms with Gasteiger partial charge in [-0.2, -0.15) is 0 Å². The van der Waals surface area contributed by atoms with Crippen molar-refractivity contribution in [1.29, 1.82) is 0 Å². The number of esters is 1. The molecule has 2 aliphatic carbocycles. The van der Waals surface area contributed by atoms with Gasteiger partial charge >= 0.3 is 11.6 Å². The smallest absolute Gasteiger partial charge is 0.336 e. The lowest BCUT2D eigenvalue weighted by Crippen LogP contribution is -2.60. The van der Waals surface area contributed by atoms with Gasteiger partial charge in [0.15, 0.2) is 0 Å². The summed E-state index contributed by atoms with van der Waals surface area (Å²) in [6.07, 6.45) is -1.58. The van der Waals surface area contributed by atoms with Crippen molar-refractivity contribution in [1.82, 2.24) is 0 Å². The molecular formula is C19H24O6. The molecule has 0 unspecified atom stereocenters. The molecule has 2 fully saturated rings. The van der Waals surface area contributed by atoms with Gasteiger partial charge in [-0.15, -0.1) is 0 Å². The van der Waals surface area contributed by atoms with Gasteiger partial charge in [-0.05, 0) is 25.3 Å². The normalized spacial score (nSPS) is 42.1. The van der Waals surface area contributed by atoms with Crippen LogP contribution >= 0.6 is 0 Å². The SMILES string of the molecule is CC(C)c1oc(=O)cc2c1[C@@H](O)[C@H]1OC(=O)[C@@]3(C)CC[C@@H](O)[C@@]2(C)[C@@H]13. The fourth-order valence-corrected chi connectivity index (χ4v) is 5.48. The molecule has 6 atom stereocenters. The summed E-state index contributed by atoms with van der Waals surface area (Å²) in [7, 11) is 0. The lowest BCUT2D eigenvalue weighted by molar-refractivity contribution is -0.151. The van der Waals surface area contributed by atoms with E-state index in [1.54, 1.807) is 0 Å². The summed E-state index contributed by atoms with van der Waals surface area (Å²) in [4.78, 5) is 24.8. The fraction of sp³-hybridized carbons (Fsp3) is 0.684. The summed E-state index contributed by atoms with van der Waals surface area (Å²) in [5.74, 6) is -0.447. The second kappa shape index (κ2) is 4.95. The first-order valence-electron chi connectivity index (χ1n) is 8.88. The molecule has 1 aromatic rings. The molecule has 0 spiro atoms. The Kier molecular flexibility index (Phi) is 3.32. The summed E-state index contributed by atoms with van der Waals surface area (Å²) in [5, 5.41) is 21.9. The van der Waals surface area contributed by atoms with Crippen LogP contribution in [0.15, 0.2) is 15.3 Å². The fourth-order valence-electron chi connectivity index (χ4n) is 5.48. The molecule has 1 aliphatic heterocycles. The molecule has 4 rings (SSSR count). The third kappa shape index (κ3) is 1.87. The largest absolute Gasteiger partial charge is 0.458 e. The first kappa shape index (κ1) is 16.8. The molecule has 0 bridgehead atoms. The van der Waals surface area contributed by atoms with Crippen LogP contribution in [0.25, 0.3) is 0 Å². The summed E-state index contributed by atoms with van der Waals surface area (Å²) < 4.78 is 11.0. The highest BCUT2D eigenvalue weighted by molar-refractivity contribution is 5.81. The Morgan fingerprint density at radius 3 is 2.56 bits per heavy atom. The Labute approximate surface area is 145 Å². The van der Waals surface area contributed by atoms with E-state index in [1.165, 1.54) is 6.07 Å². The highest BCUT2D eigenvalue weighted by atomic mass is 16.6. The van der Waals surface area contributed by atoms with Crippen LogP contribution < -0.4 is 5.63 Å². The van der Waals surface area contributed by atoms with Crippen molar-refractivity contribution in [2.24, 2.45) is 11.3 Å². The lowest BCUT2D eigenvalue weighted by atomic mass is 9.48. The molecule has 2 heterocycles. The zero-order valence-corrected chi connectivity index (χ0v) is 14.9. The molecule has 3 aliphatic rings. The maximum atomic E-state index is 12.6. The summed E-state index contributed by atoms with van der Waals surface area (Å²) in [6.45, 7) is 7.48. The van der Waals surface area contributed by atoms with Gasteiger partial charge in [0.25, 0.3) is 0 Å².